The summed E-state index contributed by atoms with van der Waals surface area (Å²) in [5.41, 5.74) is 1.51. The first-order valence-corrected chi connectivity index (χ1v) is 10.1. The van der Waals surface area contributed by atoms with E-state index in [4.69, 9.17) is 11.6 Å². The number of aliphatic hydroxyl groups is 1. The number of nitrogens with zero attached hydrogens (tertiary/aromatic N) is 4. The fourth-order valence-electron chi connectivity index (χ4n) is 4.66. The SMILES string of the molecule is O=C(Nc1cnc(C(O)C(F)F)c(Cl)c1)[C@H]1CC2(CCC2)c2c1cnc1cc(F)nn21. The number of hydrogen-bond acceptors (Lipinski definition) is 5. The van der Waals surface area contributed by atoms with Crippen LogP contribution in [0, 0.1) is 5.95 Å². The molecule has 2 aliphatic rings. The lowest BCUT2D eigenvalue weighted by atomic mass is 9.66. The maximum Gasteiger partial charge on any atom is 0.269 e. The molecule has 1 amide bonds. The molecule has 162 valence electrons. The zero-order valence-corrected chi connectivity index (χ0v) is 16.8. The Bertz CT molecular complexity index is 1200. The lowest BCUT2D eigenvalue weighted by Gasteiger charge is -2.39. The van der Waals surface area contributed by atoms with E-state index in [-0.39, 0.29) is 27.7 Å². The van der Waals surface area contributed by atoms with Crippen LogP contribution in [-0.2, 0) is 10.2 Å². The molecule has 0 radical (unpaired) electrons. The molecule has 0 saturated heterocycles. The number of aliphatic hydroxyl groups excluding tert-OH is 1. The fraction of sp³-hybridized carbons (Fsp3) is 0.400. The number of hydrogen-bond donors (Lipinski definition) is 2. The van der Waals surface area contributed by atoms with Gasteiger partial charge in [0.05, 0.1) is 34.2 Å². The van der Waals surface area contributed by atoms with Crippen LogP contribution < -0.4 is 5.32 Å². The minimum absolute atomic E-state index is 0.178. The third-order valence-electron chi connectivity index (χ3n) is 6.24. The fourth-order valence-corrected chi connectivity index (χ4v) is 4.94. The van der Waals surface area contributed by atoms with Crippen LogP contribution in [0.1, 0.15) is 54.7 Å². The third-order valence-corrected chi connectivity index (χ3v) is 6.54. The van der Waals surface area contributed by atoms with E-state index in [2.05, 4.69) is 20.4 Å². The summed E-state index contributed by atoms with van der Waals surface area (Å²) >= 11 is 5.97. The van der Waals surface area contributed by atoms with E-state index in [1.54, 1.807) is 6.20 Å². The van der Waals surface area contributed by atoms with Crippen molar-refractivity contribution in [2.24, 2.45) is 0 Å². The number of fused-ring (bicyclic) bond motifs is 4. The van der Waals surface area contributed by atoms with Crippen molar-refractivity contribution >= 4 is 28.8 Å². The molecule has 7 nitrogen and oxygen atoms in total. The number of halogens is 4. The van der Waals surface area contributed by atoms with Gasteiger partial charge in [-0.1, -0.05) is 18.0 Å². The monoisotopic (exact) mass is 451 g/mol. The van der Waals surface area contributed by atoms with E-state index >= 15 is 0 Å². The molecular formula is C20H17ClF3N5O2. The molecule has 31 heavy (non-hydrogen) atoms. The Balaban J connectivity index is 1.45. The molecule has 0 aromatic carbocycles. The van der Waals surface area contributed by atoms with Crippen molar-refractivity contribution in [3.63, 3.8) is 0 Å². The largest absolute Gasteiger partial charge is 0.381 e. The molecule has 1 spiro atoms. The summed E-state index contributed by atoms with van der Waals surface area (Å²) in [5.74, 6) is -1.50. The Hall–Kier alpha value is -2.72. The normalized spacial score (nSPS) is 20.1. The molecule has 1 unspecified atom stereocenters. The maximum atomic E-state index is 13.7. The Morgan fingerprint density at radius 2 is 2.06 bits per heavy atom. The molecule has 2 atom stereocenters. The molecule has 2 aliphatic carbocycles. The minimum Gasteiger partial charge on any atom is -0.381 e. The van der Waals surface area contributed by atoms with Crippen LogP contribution in [0.25, 0.3) is 5.65 Å². The van der Waals surface area contributed by atoms with Gasteiger partial charge in [0.1, 0.15) is 0 Å². The van der Waals surface area contributed by atoms with E-state index < -0.39 is 24.4 Å². The quantitative estimate of drug-likeness (QED) is 0.630. The molecule has 11 heteroatoms. The van der Waals surface area contributed by atoms with Crippen molar-refractivity contribution in [1.82, 2.24) is 19.6 Å². The van der Waals surface area contributed by atoms with Gasteiger partial charge in [-0.15, -0.1) is 5.10 Å². The highest BCUT2D eigenvalue weighted by atomic mass is 35.5. The first kappa shape index (κ1) is 20.2. The summed E-state index contributed by atoms with van der Waals surface area (Å²) in [6, 6.07) is 2.52. The van der Waals surface area contributed by atoms with Crippen molar-refractivity contribution in [1.29, 1.82) is 0 Å². The predicted molar refractivity (Wildman–Crippen MR) is 105 cm³/mol. The predicted octanol–water partition coefficient (Wildman–Crippen LogP) is 3.76. The molecule has 1 saturated carbocycles. The number of anilines is 1. The number of rotatable bonds is 4. The molecular weight excluding hydrogens is 435 g/mol. The molecule has 5 rings (SSSR count). The molecule has 3 heterocycles. The highest BCUT2D eigenvalue weighted by Gasteiger charge is 2.52. The number of carbonyl (C=O) groups is 1. The second-order valence-corrected chi connectivity index (χ2v) is 8.46. The van der Waals surface area contributed by atoms with Gasteiger partial charge in [0.2, 0.25) is 11.9 Å². The third kappa shape index (κ3) is 3.16. The standard InChI is InChI=1S/C20H17ClF3N5O2/c21-12-4-9(7-26-15(12)16(30)18(23)24)27-19(31)10-6-20(2-1-3-20)17-11(10)8-25-14-5-13(22)28-29(14)17/h4-5,7-8,10,16,18,30H,1-3,6H2,(H,27,31)/t10-,16?/m0/s1. The maximum absolute atomic E-state index is 13.7. The van der Waals surface area contributed by atoms with E-state index in [0.717, 1.165) is 25.0 Å². The number of carbonyl (C=O) groups excluding carboxylic acids is 1. The topological polar surface area (TPSA) is 92.4 Å². The van der Waals surface area contributed by atoms with Crippen LogP contribution in [-0.4, -0.2) is 37.0 Å². The molecule has 3 aromatic heterocycles. The van der Waals surface area contributed by atoms with Crippen molar-refractivity contribution in [2.75, 3.05) is 5.32 Å². The summed E-state index contributed by atoms with van der Waals surface area (Å²) in [7, 11) is 0. The summed E-state index contributed by atoms with van der Waals surface area (Å²) < 4.78 is 40.7. The van der Waals surface area contributed by atoms with E-state index in [0.29, 0.717) is 17.6 Å². The number of nitrogens with one attached hydrogen (secondary N) is 1. The Kier molecular flexibility index (Phi) is 4.67. The lowest BCUT2D eigenvalue weighted by Crippen LogP contribution is -2.34. The zero-order valence-electron chi connectivity index (χ0n) is 16.0. The Morgan fingerprint density at radius 3 is 2.71 bits per heavy atom. The number of alkyl halides is 2. The summed E-state index contributed by atoms with van der Waals surface area (Å²) in [6.07, 6.45) is 0.918. The lowest BCUT2D eigenvalue weighted by molar-refractivity contribution is -0.117. The zero-order chi connectivity index (χ0) is 21.9. The average molecular weight is 452 g/mol. The second kappa shape index (κ2) is 7.16. The van der Waals surface area contributed by atoms with Gasteiger partial charge in [0, 0.05) is 23.2 Å². The van der Waals surface area contributed by atoms with Crippen LogP contribution in [0.2, 0.25) is 5.02 Å². The molecule has 2 N–H and O–H groups in total. The van der Waals surface area contributed by atoms with E-state index in [9.17, 15) is 23.1 Å². The van der Waals surface area contributed by atoms with Crippen LogP contribution in [0.5, 0.6) is 0 Å². The van der Waals surface area contributed by atoms with Gasteiger partial charge in [-0.25, -0.2) is 18.3 Å². The number of amides is 1. The van der Waals surface area contributed by atoms with Crippen molar-refractivity contribution < 1.29 is 23.1 Å². The van der Waals surface area contributed by atoms with Gasteiger partial charge in [-0.2, -0.15) is 4.39 Å². The van der Waals surface area contributed by atoms with Crippen LogP contribution in [0.3, 0.4) is 0 Å². The Labute approximate surface area is 179 Å². The van der Waals surface area contributed by atoms with Gasteiger partial charge in [0.25, 0.3) is 6.43 Å². The summed E-state index contributed by atoms with van der Waals surface area (Å²) in [5, 5.41) is 16.0. The average Bonchev–Trinajstić information content (AvgIpc) is 3.24. The van der Waals surface area contributed by atoms with E-state index in [1.165, 1.54) is 22.8 Å². The summed E-state index contributed by atoms with van der Waals surface area (Å²) in [4.78, 5) is 21.1. The van der Waals surface area contributed by atoms with Crippen molar-refractivity contribution in [2.45, 2.75) is 49.5 Å². The first-order chi connectivity index (χ1) is 14.8. The van der Waals surface area contributed by atoms with Gasteiger partial charge >= 0.3 is 0 Å². The molecule has 0 bridgehead atoms. The smallest absolute Gasteiger partial charge is 0.269 e. The van der Waals surface area contributed by atoms with Crippen molar-refractivity contribution in [3.8, 4) is 0 Å². The number of pyridine rings is 1. The summed E-state index contributed by atoms with van der Waals surface area (Å²) in [6.45, 7) is 0. The van der Waals surface area contributed by atoms with Crippen LogP contribution >= 0.6 is 11.6 Å². The molecule has 0 aliphatic heterocycles. The molecule has 3 aromatic rings. The van der Waals surface area contributed by atoms with Crippen LogP contribution in [0.15, 0.2) is 24.5 Å². The second-order valence-electron chi connectivity index (χ2n) is 8.05. The van der Waals surface area contributed by atoms with Gasteiger partial charge in [-0.3, -0.25) is 9.78 Å². The highest BCUT2D eigenvalue weighted by molar-refractivity contribution is 6.31. The van der Waals surface area contributed by atoms with Gasteiger partial charge < -0.3 is 10.4 Å². The minimum atomic E-state index is -3.03. The van der Waals surface area contributed by atoms with E-state index in [1.807, 2.05) is 0 Å². The van der Waals surface area contributed by atoms with Gasteiger partial charge in [0.15, 0.2) is 11.8 Å². The van der Waals surface area contributed by atoms with Gasteiger partial charge in [-0.05, 0) is 25.3 Å². The first-order valence-electron chi connectivity index (χ1n) is 9.76. The van der Waals surface area contributed by atoms with Crippen molar-refractivity contribution in [3.05, 3.63) is 52.4 Å². The Morgan fingerprint density at radius 1 is 1.29 bits per heavy atom. The molecule has 1 fully saturated rings. The van der Waals surface area contributed by atoms with Crippen LogP contribution in [0.4, 0.5) is 18.9 Å². The highest BCUT2D eigenvalue weighted by Crippen LogP contribution is 2.56. The number of aromatic nitrogens is 4.